The molecule has 0 radical (unpaired) electrons. The summed E-state index contributed by atoms with van der Waals surface area (Å²) in [6.07, 6.45) is 3.47. The third kappa shape index (κ3) is 4.14. The van der Waals surface area contributed by atoms with Crippen LogP contribution in [0.1, 0.15) is 35.4 Å². The molecule has 2 aromatic carbocycles. The number of carbonyl (C=O) groups excluding carboxylic acids is 1. The molecular formula is C24H26N4O2S. The van der Waals surface area contributed by atoms with Gasteiger partial charge in [0, 0.05) is 37.6 Å². The average molecular weight is 435 g/mol. The molecule has 0 N–H and O–H groups in total. The summed E-state index contributed by atoms with van der Waals surface area (Å²) < 4.78 is 9.88. The highest BCUT2D eigenvalue weighted by Gasteiger charge is 2.36. The Hall–Kier alpha value is -2.93. The van der Waals surface area contributed by atoms with Crippen molar-refractivity contribution in [3.05, 3.63) is 71.0 Å². The second kappa shape index (κ2) is 8.67. The van der Waals surface area contributed by atoms with Crippen LogP contribution in [0.15, 0.2) is 48.5 Å². The Labute approximate surface area is 186 Å². The molecule has 3 heterocycles. The fourth-order valence-corrected chi connectivity index (χ4v) is 5.31. The van der Waals surface area contributed by atoms with Crippen molar-refractivity contribution >= 4 is 22.6 Å². The maximum absolute atomic E-state index is 13.4. The zero-order chi connectivity index (χ0) is 21.2. The maximum atomic E-state index is 13.4. The number of hydrogen-bond donors (Lipinski definition) is 0. The smallest absolute Gasteiger partial charge is 0.245 e. The van der Waals surface area contributed by atoms with Crippen LogP contribution in [0.2, 0.25) is 0 Å². The van der Waals surface area contributed by atoms with E-state index >= 15 is 0 Å². The van der Waals surface area contributed by atoms with Gasteiger partial charge in [-0.15, -0.1) is 0 Å². The predicted molar refractivity (Wildman–Crippen MR) is 122 cm³/mol. The fourth-order valence-electron chi connectivity index (χ4n) is 4.55. The maximum Gasteiger partial charge on any atom is 0.245 e. The van der Waals surface area contributed by atoms with E-state index in [4.69, 9.17) is 9.72 Å². The van der Waals surface area contributed by atoms with E-state index in [1.807, 2.05) is 23.1 Å². The molecule has 2 aliphatic heterocycles. The van der Waals surface area contributed by atoms with Gasteiger partial charge in [-0.3, -0.25) is 4.79 Å². The van der Waals surface area contributed by atoms with Gasteiger partial charge in [-0.05, 0) is 48.1 Å². The van der Waals surface area contributed by atoms with Gasteiger partial charge in [-0.25, -0.2) is 4.98 Å². The van der Waals surface area contributed by atoms with Gasteiger partial charge in [0.15, 0.2) is 0 Å². The Morgan fingerprint density at radius 3 is 2.90 bits per heavy atom. The summed E-state index contributed by atoms with van der Waals surface area (Å²) >= 11 is 1.40. The number of hydrogen-bond acceptors (Lipinski definition) is 6. The normalized spacial score (nSPS) is 18.2. The molecule has 7 heteroatoms. The van der Waals surface area contributed by atoms with Gasteiger partial charge in [0.05, 0.1) is 7.11 Å². The largest absolute Gasteiger partial charge is 0.497 e. The third-order valence-electron chi connectivity index (χ3n) is 6.18. The van der Waals surface area contributed by atoms with Crippen LogP contribution in [-0.4, -0.2) is 46.4 Å². The first kappa shape index (κ1) is 20.0. The van der Waals surface area contributed by atoms with E-state index in [1.54, 1.807) is 7.11 Å². The van der Waals surface area contributed by atoms with Crippen LogP contribution in [-0.2, 0) is 24.2 Å². The molecule has 0 saturated carbocycles. The zero-order valence-corrected chi connectivity index (χ0v) is 18.5. The standard InChI is InChI=1S/C24H26N4O2S/c1-30-20-9-4-6-17(14-20)15-22-25-24(31-26-22)28-12-5-10-21(28)23(29)27-13-11-18-7-2-3-8-19(18)16-27/h2-4,6-9,14,21H,5,10-13,15-16H2,1H3. The molecule has 3 aromatic rings. The van der Waals surface area contributed by atoms with Crippen LogP contribution in [0.4, 0.5) is 5.13 Å². The van der Waals surface area contributed by atoms with Crippen LogP contribution in [0.25, 0.3) is 0 Å². The SMILES string of the molecule is COc1cccc(Cc2nsc(N3CCCC3C(=O)N3CCc4ccccc4C3)n2)c1. The molecule has 0 spiro atoms. The number of aromatic nitrogens is 2. The lowest BCUT2D eigenvalue weighted by Gasteiger charge is -2.33. The number of nitrogens with zero attached hydrogens (tertiary/aromatic N) is 4. The summed E-state index contributed by atoms with van der Waals surface area (Å²) in [5, 5.41) is 0.853. The number of benzene rings is 2. The van der Waals surface area contributed by atoms with Crippen LogP contribution < -0.4 is 9.64 Å². The number of methoxy groups -OCH3 is 1. The first-order chi connectivity index (χ1) is 15.2. The molecule has 6 nitrogen and oxygen atoms in total. The fraction of sp³-hybridized carbons (Fsp3) is 0.375. The lowest BCUT2D eigenvalue weighted by molar-refractivity contribution is -0.133. The molecular weight excluding hydrogens is 408 g/mol. The molecule has 2 aliphatic rings. The average Bonchev–Trinajstić information content (AvgIpc) is 3.48. The quantitative estimate of drug-likeness (QED) is 0.613. The summed E-state index contributed by atoms with van der Waals surface area (Å²) in [5.74, 6) is 1.84. The monoisotopic (exact) mass is 434 g/mol. The van der Waals surface area contributed by atoms with Crippen molar-refractivity contribution in [3.8, 4) is 5.75 Å². The molecule has 1 amide bonds. The van der Waals surface area contributed by atoms with Crippen molar-refractivity contribution in [1.29, 1.82) is 0 Å². The van der Waals surface area contributed by atoms with E-state index in [0.717, 1.165) is 54.6 Å². The lowest BCUT2D eigenvalue weighted by Crippen LogP contribution is -2.47. The number of carbonyl (C=O) groups is 1. The van der Waals surface area contributed by atoms with Crippen molar-refractivity contribution in [1.82, 2.24) is 14.3 Å². The van der Waals surface area contributed by atoms with Crippen LogP contribution in [0, 0.1) is 0 Å². The minimum absolute atomic E-state index is 0.136. The Balaban J connectivity index is 1.29. The number of fused-ring (bicyclic) bond motifs is 1. The topological polar surface area (TPSA) is 58.6 Å². The Kier molecular flexibility index (Phi) is 5.59. The van der Waals surface area contributed by atoms with E-state index in [-0.39, 0.29) is 11.9 Å². The van der Waals surface area contributed by atoms with E-state index in [9.17, 15) is 4.79 Å². The Morgan fingerprint density at radius 2 is 2.03 bits per heavy atom. The van der Waals surface area contributed by atoms with Gasteiger partial charge in [0.1, 0.15) is 17.6 Å². The van der Waals surface area contributed by atoms with E-state index < -0.39 is 0 Å². The number of amides is 1. The molecule has 31 heavy (non-hydrogen) atoms. The van der Waals surface area contributed by atoms with E-state index in [0.29, 0.717) is 13.0 Å². The molecule has 0 aliphatic carbocycles. The van der Waals surface area contributed by atoms with Gasteiger partial charge >= 0.3 is 0 Å². The summed E-state index contributed by atoms with van der Waals surface area (Å²) in [5.41, 5.74) is 3.74. The number of ether oxygens (including phenoxy) is 1. The van der Waals surface area contributed by atoms with Crippen LogP contribution in [0.3, 0.4) is 0 Å². The van der Waals surface area contributed by atoms with Crippen molar-refractivity contribution in [2.24, 2.45) is 0 Å². The zero-order valence-electron chi connectivity index (χ0n) is 17.7. The van der Waals surface area contributed by atoms with Crippen LogP contribution >= 0.6 is 11.5 Å². The van der Waals surface area contributed by atoms with Gasteiger partial charge < -0.3 is 14.5 Å². The summed E-state index contributed by atoms with van der Waals surface area (Å²) in [7, 11) is 1.67. The molecule has 0 bridgehead atoms. The molecule has 1 atom stereocenters. The van der Waals surface area contributed by atoms with Crippen molar-refractivity contribution in [2.45, 2.75) is 38.3 Å². The van der Waals surface area contributed by atoms with E-state index in [2.05, 4.69) is 39.6 Å². The number of rotatable bonds is 5. The highest BCUT2D eigenvalue weighted by Crippen LogP contribution is 2.30. The molecule has 1 aromatic heterocycles. The molecule has 1 unspecified atom stereocenters. The summed E-state index contributed by atoms with van der Waals surface area (Å²) in [4.78, 5) is 22.3. The van der Waals surface area contributed by atoms with Crippen molar-refractivity contribution in [2.75, 3.05) is 25.1 Å². The minimum atomic E-state index is -0.136. The highest BCUT2D eigenvalue weighted by molar-refractivity contribution is 7.09. The molecule has 5 rings (SSSR count). The van der Waals surface area contributed by atoms with Crippen molar-refractivity contribution < 1.29 is 9.53 Å². The highest BCUT2D eigenvalue weighted by atomic mass is 32.1. The van der Waals surface area contributed by atoms with Crippen molar-refractivity contribution in [3.63, 3.8) is 0 Å². The first-order valence-corrected chi connectivity index (χ1v) is 11.6. The van der Waals surface area contributed by atoms with Gasteiger partial charge in [0.25, 0.3) is 0 Å². The predicted octanol–water partition coefficient (Wildman–Crippen LogP) is 3.69. The Bertz CT molecular complexity index is 1080. The second-order valence-corrected chi connectivity index (χ2v) is 8.88. The number of anilines is 1. The molecule has 160 valence electrons. The third-order valence-corrected chi connectivity index (χ3v) is 6.97. The summed E-state index contributed by atoms with van der Waals surface area (Å²) in [6.45, 7) is 2.35. The summed E-state index contributed by atoms with van der Waals surface area (Å²) in [6, 6.07) is 16.3. The minimum Gasteiger partial charge on any atom is -0.497 e. The molecule has 1 saturated heterocycles. The van der Waals surface area contributed by atoms with Gasteiger partial charge in [0.2, 0.25) is 11.0 Å². The van der Waals surface area contributed by atoms with E-state index in [1.165, 1.54) is 22.7 Å². The molecule has 1 fully saturated rings. The Morgan fingerprint density at radius 1 is 1.16 bits per heavy atom. The van der Waals surface area contributed by atoms with Gasteiger partial charge in [-0.2, -0.15) is 4.37 Å². The van der Waals surface area contributed by atoms with Crippen LogP contribution in [0.5, 0.6) is 5.75 Å². The first-order valence-electron chi connectivity index (χ1n) is 10.8. The lowest BCUT2D eigenvalue weighted by atomic mass is 9.99. The second-order valence-electron chi connectivity index (χ2n) is 8.15. The van der Waals surface area contributed by atoms with Gasteiger partial charge in [-0.1, -0.05) is 36.4 Å².